The van der Waals surface area contributed by atoms with Crippen LogP contribution in [0.1, 0.15) is 22.8 Å². The number of hydrazone groups is 1. The van der Waals surface area contributed by atoms with E-state index in [4.69, 9.17) is 11.6 Å². The third kappa shape index (κ3) is 3.71. The van der Waals surface area contributed by atoms with Crippen LogP contribution < -0.4 is 9.91 Å². The minimum absolute atomic E-state index is 0.0773. The lowest BCUT2D eigenvalue weighted by atomic mass is 10.1. The van der Waals surface area contributed by atoms with Gasteiger partial charge < -0.3 is 10.0 Å². The van der Waals surface area contributed by atoms with Gasteiger partial charge in [0.1, 0.15) is 0 Å². The first kappa shape index (κ1) is 18.7. The zero-order valence-corrected chi connectivity index (χ0v) is 15.9. The molecule has 1 heterocycles. The lowest BCUT2D eigenvalue weighted by Gasteiger charge is -2.13. The molecule has 0 aromatic heterocycles. The monoisotopic (exact) mass is 383 g/mol. The highest BCUT2D eigenvalue weighted by molar-refractivity contribution is 6.34. The van der Waals surface area contributed by atoms with E-state index >= 15 is 0 Å². The van der Waals surface area contributed by atoms with Crippen LogP contribution in [-0.2, 0) is 4.79 Å². The number of rotatable bonds is 4. The van der Waals surface area contributed by atoms with Crippen molar-refractivity contribution >= 4 is 46.6 Å². The molecule has 2 aromatic carbocycles. The second-order valence-electron chi connectivity index (χ2n) is 6.32. The number of carboxylic acids is 1. The summed E-state index contributed by atoms with van der Waals surface area (Å²) in [5.74, 6) is -1.48. The zero-order valence-electron chi connectivity index (χ0n) is 15.1. The molecule has 27 heavy (non-hydrogen) atoms. The molecule has 3 rings (SSSR count). The highest BCUT2D eigenvalue weighted by Gasteiger charge is 2.29. The molecule has 0 atom stereocenters. The second-order valence-corrected chi connectivity index (χ2v) is 6.72. The minimum Gasteiger partial charge on any atom is -0.478 e. The van der Waals surface area contributed by atoms with Gasteiger partial charge in [-0.1, -0.05) is 23.7 Å². The van der Waals surface area contributed by atoms with E-state index in [0.717, 1.165) is 11.3 Å². The van der Waals surface area contributed by atoms with Crippen LogP contribution in [0.4, 0.5) is 11.4 Å². The molecule has 1 aliphatic rings. The van der Waals surface area contributed by atoms with Gasteiger partial charge >= 0.3 is 5.97 Å². The number of benzene rings is 2. The molecule has 0 spiro atoms. The Labute approximate surface area is 162 Å². The predicted octanol–water partition coefficient (Wildman–Crippen LogP) is 3.91. The fraction of sp³-hybridized carbons (Fsp3) is 0.150. The standard InChI is InChI=1S/C20H18ClN3O3/c1-12-16(10-13-4-6-14(7-5-13)23(2)3)19(25)24(22-12)15-8-9-18(21)17(11-15)20(26)27/h4-11H,1-3H3,(H,26,27)/b16-10-. The summed E-state index contributed by atoms with van der Waals surface area (Å²) in [7, 11) is 3.92. The lowest BCUT2D eigenvalue weighted by Crippen LogP contribution is -2.21. The fourth-order valence-electron chi connectivity index (χ4n) is 2.70. The number of amides is 1. The lowest BCUT2D eigenvalue weighted by molar-refractivity contribution is -0.114. The SMILES string of the molecule is CC1=NN(c2ccc(Cl)c(C(=O)O)c2)C(=O)/C1=C\c1ccc(N(C)C)cc1. The number of anilines is 2. The average Bonchev–Trinajstić information content (AvgIpc) is 2.90. The van der Waals surface area contributed by atoms with Crippen LogP contribution in [0.15, 0.2) is 53.1 Å². The Kier molecular flexibility index (Phi) is 5.01. The molecule has 0 fully saturated rings. The normalized spacial score (nSPS) is 15.3. The highest BCUT2D eigenvalue weighted by Crippen LogP contribution is 2.29. The summed E-state index contributed by atoms with van der Waals surface area (Å²) in [6, 6.07) is 12.1. The van der Waals surface area contributed by atoms with E-state index in [9.17, 15) is 14.7 Å². The van der Waals surface area contributed by atoms with Gasteiger partial charge in [-0.25, -0.2) is 4.79 Å². The number of carboxylic acid groups (broad SMARTS) is 1. The number of hydrogen-bond donors (Lipinski definition) is 1. The first-order chi connectivity index (χ1) is 12.8. The quantitative estimate of drug-likeness (QED) is 0.812. The van der Waals surface area contributed by atoms with E-state index in [1.54, 1.807) is 19.1 Å². The summed E-state index contributed by atoms with van der Waals surface area (Å²) in [5.41, 5.74) is 3.23. The molecule has 6 nitrogen and oxygen atoms in total. The van der Waals surface area contributed by atoms with Crippen molar-refractivity contribution < 1.29 is 14.7 Å². The number of carbonyl (C=O) groups excluding carboxylic acids is 1. The van der Waals surface area contributed by atoms with E-state index in [-0.39, 0.29) is 16.5 Å². The number of aromatic carboxylic acids is 1. The van der Waals surface area contributed by atoms with Crippen molar-refractivity contribution in [2.75, 3.05) is 24.0 Å². The molecule has 7 heteroatoms. The van der Waals surface area contributed by atoms with Crippen LogP contribution in [-0.4, -0.2) is 36.8 Å². The van der Waals surface area contributed by atoms with E-state index < -0.39 is 5.97 Å². The van der Waals surface area contributed by atoms with Crippen molar-refractivity contribution in [1.29, 1.82) is 0 Å². The van der Waals surface area contributed by atoms with Crippen LogP contribution in [0, 0.1) is 0 Å². The first-order valence-electron chi connectivity index (χ1n) is 8.20. The summed E-state index contributed by atoms with van der Waals surface area (Å²) >= 11 is 5.90. The van der Waals surface area contributed by atoms with Gasteiger partial charge in [-0.3, -0.25) is 4.79 Å². The average molecular weight is 384 g/mol. The molecular formula is C20H18ClN3O3. The van der Waals surface area contributed by atoms with Crippen molar-refractivity contribution in [3.8, 4) is 0 Å². The van der Waals surface area contributed by atoms with Gasteiger partial charge in [0.2, 0.25) is 0 Å². The van der Waals surface area contributed by atoms with Gasteiger partial charge in [0.25, 0.3) is 5.91 Å². The van der Waals surface area contributed by atoms with Crippen LogP contribution in [0.3, 0.4) is 0 Å². The summed E-state index contributed by atoms with van der Waals surface area (Å²) in [6.45, 7) is 1.74. The van der Waals surface area contributed by atoms with Crippen LogP contribution >= 0.6 is 11.6 Å². The van der Waals surface area contributed by atoms with E-state index in [0.29, 0.717) is 17.0 Å². The Morgan fingerprint density at radius 2 is 1.85 bits per heavy atom. The molecule has 0 saturated heterocycles. The highest BCUT2D eigenvalue weighted by atomic mass is 35.5. The Hall–Kier alpha value is -3.12. The molecule has 0 radical (unpaired) electrons. The molecule has 138 valence electrons. The maximum atomic E-state index is 12.8. The Morgan fingerprint density at radius 1 is 1.19 bits per heavy atom. The predicted molar refractivity (Wildman–Crippen MR) is 108 cm³/mol. The molecule has 0 saturated carbocycles. The van der Waals surface area contributed by atoms with Crippen molar-refractivity contribution in [3.63, 3.8) is 0 Å². The Morgan fingerprint density at radius 3 is 2.44 bits per heavy atom. The van der Waals surface area contributed by atoms with Gasteiger partial charge in [-0.15, -0.1) is 0 Å². The van der Waals surface area contributed by atoms with Gasteiger partial charge in [0.15, 0.2) is 0 Å². The van der Waals surface area contributed by atoms with Crippen molar-refractivity contribution in [2.24, 2.45) is 5.10 Å². The molecule has 0 aliphatic carbocycles. The third-order valence-electron chi connectivity index (χ3n) is 4.21. The van der Waals surface area contributed by atoms with Crippen molar-refractivity contribution in [2.45, 2.75) is 6.92 Å². The van der Waals surface area contributed by atoms with Crippen LogP contribution in [0.25, 0.3) is 6.08 Å². The van der Waals surface area contributed by atoms with Gasteiger partial charge in [-0.05, 0) is 48.9 Å². The second kappa shape index (κ2) is 7.25. The summed E-state index contributed by atoms with van der Waals surface area (Å²) < 4.78 is 0. The van der Waals surface area contributed by atoms with E-state index in [2.05, 4.69) is 5.10 Å². The summed E-state index contributed by atoms with van der Waals surface area (Å²) in [6.07, 6.45) is 1.77. The molecule has 1 N–H and O–H groups in total. The third-order valence-corrected chi connectivity index (χ3v) is 4.54. The van der Waals surface area contributed by atoms with Crippen molar-refractivity contribution in [1.82, 2.24) is 0 Å². The van der Waals surface area contributed by atoms with Gasteiger partial charge in [0.05, 0.1) is 27.6 Å². The molecule has 0 unspecified atom stereocenters. The Balaban J connectivity index is 1.92. The molecule has 1 amide bonds. The Bertz CT molecular complexity index is 978. The maximum Gasteiger partial charge on any atom is 0.337 e. The smallest absolute Gasteiger partial charge is 0.337 e. The van der Waals surface area contributed by atoms with Crippen LogP contribution in [0.2, 0.25) is 5.02 Å². The first-order valence-corrected chi connectivity index (χ1v) is 8.57. The molecule has 2 aromatic rings. The molecular weight excluding hydrogens is 366 g/mol. The topological polar surface area (TPSA) is 73.2 Å². The van der Waals surface area contributed by atoms with Crippen LogP contribution in [0.5, 0.6) is 0 Å². The number of carbonyl (C=O) groups is 2. The van der Waals surface area contributed by atoms with E-state index in [1.807, 2.05) is 43.3 Å². The largest absolute Gasteiger partial charge is 0.478 e. The van der Waals surface area contributed by atoms with E-state index in [1.165, 1.54) is 17.1 Å². The number of nitrogens with zero attached hydrogens (tertiary/aromatic N) is 3. The fourth-order valence-corrected chi connectivity index (χ4v) is 2.90. The number of hydrogen-bond acceptors (Lipinski definition) is 4. The summed E-state index contributed by atoms with van der Waals surface area (Å²) in [4.78, 5) is 26.1. The molecule has 0 bridgehead atoms. The molecule has 1 aliphatic heterocycles. The van der Waals surface area contributed by atoms with Crippen molar-refractivity contribution in [3.05, 3.63) is 64.2 Å². The summed E-state index contributed by atoms with van der Waals surface area (Å²) in [5, 5.41) is 14.8. The van der Waals surface area contributed by atoms with Gasteiger partial charge in [0, 0.05) is 19.8 Å². The maximum absolute atomic E-state index is 12.8. The minimum atomic E-state index is -1.16. The van der Waals surface area contributed by atoms with Gasteiger partial charge in [-0.2, -0.15) is 10.1 Å². The number of halogens is 1. The zero-order chi connectivity index (χ0) is 19.7.